The molecule has 1 spiro atoms. The van der Waals surface area contributed by atoms with Crippen molar-refractivity contribution in [2.45, 2.75) is 50.5 Å². The Morgan fingerprint density at radius 2 is 1.74 bits per heavy atom. The van der Waals surface area contributed by atoms with Gasteiger partial charge in [-0.05, 0) is 25.0 Å². The molecule has 0 radical (unpaired) electrons. The van der Waals surface area contributed by atoms with Crippen molar-refractivity contribution >= 4 is 17.8 Å². The molecule has 1 aliphatic carbocycles. The highest BCUT2D eigenvalue weighted by Gasteiger charge is 2.50. The average molecular weight is 373 g/mol. The summed E-state index contributed by atoms with van der Waals surface area (Å²) in [6.45, 7) is 0.375. The summed E-state index contributed by atoms with van der Waals surface area (Å²) in [4.78, 5) is 38.3. The fourth-order valence-electron chi connectivity index (χ4n) is 3.74. The van der Waals surface area contributed by atoms with Crippen LogP contribution in [0, 0.1) is 0 Å². The number of nitrogens with zero attached hydrogens (tertiary/aromatic N) is 1. The largest absolute Gasteiger partial charge is 0.492 e. The number of carbonyl (C=O) groups is 3. The van der Waals surface area contributed by atoms with Crippen molar-refractivity contribution in [1.29, 1.82) is 0 Å². The summed E-state index contributed by atoms with van der Waals surface area (Å²) in [7, 11) is 0. The summed E-state index contributed by atoms with van der Waals surface area (Å²) >= 11 is 0. The first-order valence-corrected chi connectivity index (χ1v) is 9.69. The van der Waals surface area contributed by atoms with Crippen LogP contribution in [-0.2, 0) is 9.59 Å². The molecule has 27 heavy (non-hydrogen) atoms. The summed E-state index contributed by atoms with van der Waals surface area (Å²) < 4.78 is 5.51. The van der Waals surface area contributed by atoms with Crippen molar-refractivity contribution in [2.24, 2.45) is 0 Å². The van der Waals surface area contributed by atoms with Gasteiger partial charge in [0.05, 0.1) is 6.54 Å². The standard InChI is InChI=1S/C20H27N3O4/c24-17(21-13-14-27-16-9-5-4-6-10-16)15-23-18(25)20(22-19(23)26)11-7-2-1-3-8-12-20/h4-6,9-10H,1-3,7-8,11-15H2,(H,21,24)(H,22,26). The Morgan fingerprint density at radius 1 is 1.07 bits per heavy atom. The minimum atomic E-state index is -0.811. The van der Waals surface area contributed by atoms with Gasteiger partial charge in [-0.3, -0.25) is 14.5 Å². The maximum absolute atomic E-state index is 12.8. The van der Waals surface area contributed by atoms with E-state index in [4.69, 9.17) is 4.74 Å². The minimum absolute atomic E-state index is 0.252. The lowest BCUT2D eigenvalue weighted by Crippen LogP contribution is -2.48. The lowest BCUT2D eigenvalue weighted by atomic mass is 9.84. The summed E-state index contributed by atoms with van der Waals surface area (Å²) in [6, 6.07) is 8.85. The SMILES string of the molecule is O=C(CN1C(=O)NC2(CCCCCCC2)C1=O)NCCOc1ccccc1. The minimum Gasteiger partial charge on any atom is -0.492 e. The predicted octanol–water partition coefficient (Wildman–Crippen LogP) is 2.22. The fraction of sp³-hybridized carbons (Fsp3) is 0.550. The van der Waals surface area contributed by atoms with Crippen LogP contribution in [0.3, 0.4) is 0 Å². The topological polar surface area (TPSA) is 87.7 Å². The van der Waals surface area contributed by atoms with Crippen molar-refractivity contribution in [3.05, 3.63) is 30.3 Å². The van der Waals surface area contributed by atoms with E-state index >= 15 is 0 Å². The Morgan fingerprint density at radius 3 is 2.44 bits per heavy atom. The molecule has 1 saturated heterocycles. The van der Waals surface area contributed by atoms with E-state index in [-0.39, 0.29) is 18.4 Å². The number of amides is 4. The molecule has 1 heterocycles. The first-order chi connectivity index (χ1) is 13.1. The normalized spacial score (nSPS) is 19.3. The molecule has 1 aromatic rings. The molecule has 1 aromatic carbocycles. The molecular formula is C20H27N3O4. The van der Waals surface area contributed by atoms with Crippen LogP contribution in [0.15, 0.2) is 30.3 Å². The van der Waals surface area contributed by atoms with Crippen molar-refractivity contribution in [2.75, 3.05) is 19.7 Å². The van der Waals surface area contributed by atoms with Crippen molar-refractivity contribution in [3.8, 4) is 5.75 Å². The Bertz CT molecular complexity index is 669. The quantitative estimate of drug-likeness (QED) is 0.591. The second kappa shape index (κ2) is 8.88. The first-order valence-electron chi connectivity index (χ1n) is 9.69. The van der Waals surface area contributed by atoms with Crippen LogP contribution in [0.2, 0.25) is 0 Å². The van der Waals surface area contributed by atoms with Gasteiger partial charge in [-0.2, -0.15) is 0 Å². The van der Waals surface area contributed by atoms with Crippen LogP contribution in [0.5, 0.6) is 5.75 Å². The number of para-hydroxylation sites is 1. The average Bonchev–Trinajstić information content (AvgIpc) is 2.88. The highest BCUT2D eigenvalue weighted by Crippen LogP contribution is 2.31. The number of imide groups is 1. The summed E-state index contributed by atoms with van der Waals surface area (Å²) in [6.07, 6.45) is 6.47. The van der Waals surface area contributed by atoms with E-state index in [1.54, 1.807) is 0 Å². The lowest BCUT2D eigenvalue weighted by molar-refractivity contribution is -0.135. The molecule has 0 aromatic heterocycles. The molecule has 7 heteroatoms. The Kier molecular flexibility index (Phi) is 6.32. The zero-order chi connectivity index (χ0) is 19.1. The Balaban J connectivity index is 1.47. The van der Waals surface area contributed by atoms with E-state index in [1.807, 2.05) is 30.3 Å². The summed E-state index contributed by atoms with van der Waals surface area (Å²) in [5.74, 6) is 0.107. The zero-order valence-corrected chi connectivity index (χ0v) is 15.5. The molecule has 2 N–H and O–H groups in total. The van der Waals surface area contributed by atoms with E-state index in [0.717, 1.165) is 36.3 Å². The Labute approximate surface area is 159 Å². The van der Waals surface area contributed by atoms with Gasteiger partial charge in [0.1, 0.15) is 24.4 Å². The van der Waals surface area contributed by atoms with Gasteiger partial charge in [-0.1, -0.05) is 50.3 Å². The Hall–Kier alpha value is -2.57. The second-order valence-corrected chi connectivity index (χ2v) is 7.18. The third kappa shape index (κ3) is 4.78. The maximum atomic E-state index is 12.8. The third-order valence-electron chi connectivity index (χ3n) is 5.19. The van der Waals surface area contributed by atoms with Gasteiger partial charge < -0.3 is 15.4 Å². The van der Waals surface area contributed by atoms with Crippen molar-refractivity contribution in [1.82, 2.24) is 15.5 Å². The monoisotopic (exact) mass is 373 g/mol. The van der Waals surface area contributed by atoms with Crippen molar-refractivity contribution in [3.63, 3.8) is 0 Å². The van der Waals surface area contributed by atoms with Crippen LogP contribution in [-0.4, -0.2) is 48.0 Å². The van der Waals surface area contributed by atoms with Crippen LogP contribution < -0.4 is 15.4 Å². The smallest absolute Gasteiger partial charge is 0.325 e. The molecule has 0 atom stereocenters. The van der Waals surface area contributed by atoms with Gasteiger partial charge in [0.2, 0.25) is 5.91 Å². The number of carbonyl (C=O) groups excluding carboxylic acids is 3. The molecule has 1 aliphatic heterocycles. The number of rotatable bonds is 6. The number of urea groups is 1. The van der Waals surface area contributed by atoms with E-state index in [9.17, 15) is 14.4 Å². The van der Waals surface area contributed by atoms with E-state index in [2.05, 4.69) is 10.6 Å². The molecule has 2 fully saturated rings. The van der Waals surface area contributed by atoms with Gasteiger partial charge >= 0.3 is 6.03 Å². The van der Waals surface area contributed by atoms with E-state index < -0.39 is 11.6 Å². The zero-order valence-electron chi connectivity index (χ0n) is 15.5. The summed E-state index contributed by atoms with van der Waals surface area (Å²) in [5.41, 5.74) is -0.811. The molecule has 1 saturated carbocycles. The van der Waals surface area contributed by atoms with Gasteiger partial charge in [-0.25, -0.2) is 4.79 Å². The second-order valence-electron chi connectivity index (χ2n) is 7.18. The van der Waals surface area contributed by atoms with Gasteiger partial charge in [-0.15, -0.1) is 0 Å². The molecule has 4 amide bonds. The molecule has 2 aliphatic rings. The van der Waals surface area contributed by atoms with Gasteiger partial charge in [0.15, 0.2) is 0 Å². The van der Waals surface area contributed by atoms with Gasteiger partial charge in [0.25, 0.3) is 5.91 Å². The van der Waals surface area contributed by atoms with Crippen LogP contribution in [0.1, 0.15) is 44.9 Å². The summed E-state index contributed by atoms with van der Waals surface area (Å²) in [5, 5.41) is 5.56. The van der Waals surface area contributed by atoms with Crippen LogP contribution in [0.4, 0.5) is 4.79 Å². The number of nitrogens with one attached hydrogen (secondary N) is 2. The van der Waals surface area contributed by atoms with E-state index in [0.29, 0.717) is 26.0 Å². The number of hydrogen-bond donors (Lipinski definition) is 2. The number of ether oxygens (including phenoxy) is 1. The molecule has 0 unspecified atom stereocenters. The first kappa shape index (κ1) is 19.2. The number of hydrogen-bond acceptors (Lipinski definition) is 4. The molecule has 146 valence electrons. The highest BCUT2D eigenvalue weighted by molar-refractivity contribution is 6.09. The van der Waals surface area contributed by atoms with E-state index in [1.165, 1.54) is 6.42 Å². The van der Waals surface area contributed by atoms with Crippen molar-refractivity contribution < 1.29 is 19.1 Å². The highest BCUT2D eigenvalue weighted by atomic mass is 16.5. The fourth-order valence-corrected chi connectivity index (χ4v) is 3.74. The molecule has 0 bridgehead atoms. The lowest BCUT2D eigenvalue weighted by Gasteiger charge is -2.28. The predicted molar refractivity (Wildman–Crippen MR) is 100 cm³/mol. The number of benzene rings is 1. The molecule has 3 rings (SSSR count). The third-order valence-corrected chi connectivity index (χ3v) is 5.19. The van der Waals surface area contributed by atoms with Crippen LogP contribution >= 0.6 is 0 Å². The maximum Gasteiger partial charge on any atom is 0.325 e. The molecule has 7 nitrogen and oxygen atoms in total. The molecular weight excluding hydrogens is 346 g/mol. The van der Waals surface area contributed by atoms with Crippen LogP contribution in [0.25, 0.3) is 0 Å². The van der Waals surface area contributed by atoms with Gasteiger partial charge in [0, 0.05) is 0 Å².